The molecule has 0 bridgehead atoms. The average molecular weight is 313 g/mol. The number of aliphatic imine (C=N–C) groups is 1. The van der Waals surface area contributed by atoms with Crippen molar-refractivity contribution in [3.8, 4) is 5.75 Å². The fraction of sp³-hybridized carbons (Fsp3) is 0.0909. The molecule has 2 N–H and O–H groups in total. The van der Waals surface area contributed by atoms with E-state index in [4.69, 9.17) is 10.5 Å². The van der Waals surface area contributed by atoms with Crippen molar-refractivity contribution in [3.05, 3.63) is 33.1 Å². The number of halogens is 1. The average Bonchev–Trinajstić information content (AvgIpc) is 2.60. The third-order valence-electron chi connectivity index (χ3n) is 2.13. The molecule has 0 saturated carbocycles. The van der Waals surface area contributed by atoms with Gasteiger partial charge in [-0.15, -0.1) is 0 Å². The lowest BCUT2D eigenvalue weighted by atomic mass is 10.2. The van der Waals surface area contributed by atoms with Crippen LogP contribution < -0.4 is 10.5 Å². The lowest BCUT2D eigenvalue weighted by Gasteiger charge is -2.03. The number of benzene rings is 1. The summed E-state index contributed by atoms with van der Waals surface area (Å²) in [5, 5.41) is 0.278. The maximum Gasteiger partial charge on any atom is 0.286 e. The molecule has 1 amide bonds. The van der Waals surface area contributed by atoms with E-state index in [1.54, 1.807) is 13.2 Å². The number of hydrogen-bond acceptors (Lipinski definition) is 4. The molecular weight excluding hydrogens is 304 g/mol. The van der Waals surface area contributed by atoms with Gasteiger partial charge in [-0.3, -0.25) is 4.79 Å². The van der Waals surface area contributed by atoms with Gasteiger partial charge in [0.05, 0.1) is 12.0 Å². The fourth-order valence-corrected chi connectivity index (χ4v) is 2.36. The summed E-state index contributed by atoms with van der Waals surface area (Å²) in [5.41, 5.74) is 6.33. The number of nitrogens with zero attached hydrogens (tertiary/aromatic N) is 1. The first-order valence-electron chi connectivity index (χ1n) is 4.71. The highest BCUT2D eigenvalue weighted by Crippen LogP contribution is 2.30. The van der Waals surface area contributed by atoms with Gasteiger partial charge in [0.1, 0.15) is 5.75 Å². The van der Waals surface area contributed by atoms with Gasteiger partial charge in [0, 0.05) is 4.47 Å². The van der Waals surface area contributed by atoms with Gasteiger partial charge in [0.15, 0.2) is 5.17 Å². The monoisotopic (exact) mass is 312 g/mol. The van der Waals surface area contributed by atoms with E-state index in [-0.39, 0.29) is 11.1 Å². The van der Waals surface area contributed by atoms with Crippen molar-refractivity contribution < 1.29 is 9.53 Å². The summed E-state index contributed by atoms with van der Waals surface area (Å²) >= 11 is 4.58. The molecule has 0 fully saturated rings. The molecule has 4 nitrogen and oxygen atoms in total. The molecule has 0 unspecified atom stereocenters. The molecule has 1 aromatic carbocycles. The normalized spacial score (nSPS) is 17.4. The summed E-state index contributed by atoms with van der Waals surface area (Å²) in [6.45, 7) is 0. The van der Waals surface area contributed by atoms with Crippen LogP contribution in [0.2, 0.25) is 0 Å². The number of carbonyl (C=O) groups excluding carboxylic acids is 1. The number of thioether (sulfide) groups is 1. The second kappa shape index (κ2) is 4.93. The third kappa shape index (κ3) is 2.70. The molecule has 1 heterocycles. The first-order valence-corrected chi connectivity index (χ1v) is 6.32. The molecule has 1 aromatic rings. The minimum absolute atomic E-state index is 0.278. The lowest BCUT2D eigenvalue weighted by Crippen LogP contribution is -2.01. The number of methoxy groups -OCH3 is 1. The number of amidine groups is 1. The number of hydrogen-bond donors (Lipinski definition) is 1. The van der Waals surface area contributed by atoms with Gasteiger partial charge in [-0.1, -0.05) is 15.9 Å². The molecule has 0 spiro atoms. The molecule has 0 aliphatic carbocycles. The SMILES string of the molecule is COc1ccc(Br)c(/C=C2/SC(N)=NC2=O)c1. The number of amides is 1. The van der Waals surface area contributed by atoms with Crippen LogP contribution >= 0.6 is 27.7 Å². The predicted octanol–water partition coefficient (Wildman–Crippen LogP) is 2.39. The maximum atomic E-state index is 11.5. The fourth-order valence-electron chi connectivity index (χ4n) is 1.33. The Morgan fingerprint density at radius 3 is 2.88 bits per heavy atom. The van der Waals surface area contributed by atoms with Crippen molar-refractivity contribution in [2.75, 3.05) is 7.11 Å². The van der Waals surface area contributed by atoms with Crippen LogP contribution in [0.1, 0.15) is 5.56 Å². The van der Waals surface area contributed by atoms with Crippen LogP contribution in [0.3, 0.4) is 0 Å². The van der Waals surface area contributed by atoms with Crippen LogP contribution in [0.4, 0.5) is 0 Å². The lowest BCUT2D eigenvalue weighted by molar-refractivity contribution is -0.113. The van der Waals surface area contributed by atoms with E-state index >= 15 is 0 Å². The Bertz CT molecular complexity index is 540. The first kappa shape index (κ1) is 12.2. The molecule has 0 saturated heterocycles. The van der Waals surface area contributed by atoms with E-state index in [2.05, 4.69) is 20.9 Å². The Labute approximate surface area is 111 Å². The standard InChI is InChI=1S/C11H9BrN2O2S/c1-16-7-2-3-8(12)6(4-7)5-9-10(15)14-11(13)17-9/h2-5H,1H3,(H2,13,14,15)/b9-5+. The quantitative estimate of drug-likeness (QED) is 0.852. The highest BCUT2D eigenvalue weighted by Gasteiger charge is 2.19. The zero-order valence-electron chi connectivity index (χ0n) is 8.94. The number of rotatable bonds is 2. The van der Waals surface area contributed by atoms with E-state index in [0.717, 1.165) is 15.8 Å². The third-order valence-corrected chi connectivity index (χ3v) is 3.66. The van der Waals surface area contributed by atoms with E-state index < -0.39 is 0 Å². The number of carbonyl (C=O) groups is 1. The topological polar surface area (TPSA) is 64.7 Å². The van der Waals surface area contributed by atoms with Gasteiger partial charge in [0.25, 0.3) is 5.91 Å². The van der Waals surface area contributed by atoms with Gasteiger partial charge in [0.2, 0.25) is 0 Å². The van der Waals surface area contributed by atoms with Crippen molar-refractivity contribution in [1.29, 1.82) is 0 Å². The van der Waals surface area contributed by atoms with E-state index in [0.29, 0.717) is 4.91 Å². The van der Waals surface area contributed by atoms with Crippen molar-refractivity contribution in [3.63, 3.8) is 0 Å². The zero-order valence-corrected chi connectivity index (χ0v) is 11.3. The number of ether oxygens (including phenoxy) is 1. The van der Waals surface area contributed by atoms with E-state index in [1.165, 1.54) is 11.8 Å². The van der Waals surface area contributed by atoms with Crippen LogP contribution in [0.5, 0.6) is 5.75 Å². The van der Waals surface area contributed by atoms with Gasteiger partial charge >= 0.3 is 0 Å². The van der Waals surface area contributed by atoms with E-state index in [1.807, 2.05) is 18.2 Å². The molecule has 0 aromatic heterocycles. The van der Waals surface area contributed by atoms with Crippen molar-refractivity contribution in [2.45, 2.75) is 0 Å². The van der Waals surface area contributed by atoms with Crippen molar-refractivity contribution >= 4 is 44.8 Å². The van der Waals surface area contributed by atoms with Crippen LogP contribution in [-0.2, 0) is 4.79 Å². The summed E-state index contributed by atoms with van der Waals surface area (Å²) in [6.07, 6.45) is 1.74. The van der Waals surface area contributed by atoms with Gasteiger partial charge in [-0.25, -0.2) is 0 Å². The molecule has 2 rings (SSSR count). The second-order valence-corrected chi connectivity index (χ2v) is 5.17. The Hall–Kier alpha value is -1.27. The molecule has 1 aliphatic heterocycles. The summed E-state index contributed by atoms with van der Waals surface area (Å²) in [4.78, 5) is 15.6. The van der Waals surface area contributed by atoms with Crippen LogP contribution in [-0.4, -0.2) is 18.2 Å². The van der Waals surface area contributed by atoms with Gasteiger partial charge in [-0.05, 0) is 41.6 Å². The van der Waals surface area contributed by atoms with Crippen LogP contribution in [0.25, 0.3) is 6.08 Å². The molecular formula is C11H9BrN2O2S. The van der Waals surface area contributed by atoms with Crippen LogP contribution in [0.15, 0.2) is 32.6 Å². The van der Waals surface area contributed by atoms with Gasteiger partial charge in [-0.2, -0.15) is 4.99 Å². The zero-order chi connectivity index (χ0) is 12.4. The minimum Gasteiger partial charge on any atom is -0.497 e. The van der Waals surface area contributed by atoms with Gasteiger partial charge < -0.3 is 10.5 Å². The summed E-state index contributed by atoms with van der Waals surface area (Å²) < 4.78 is 6.01. The molecule has 6 heteroatoms. The Kier molecular flexibility index (Phi) is 3.54. The largest absolute Gasteiger partial charge is 0.497 e. The Morgan fingerprint density at radius 2 is 2.29 bits per heavy atom. The summed E-state index contributed by atoms with van der Waals surface area (Å²) in [7, 11) is 1.59. The Morgan fingerprint density at radius 1 is 1.53 bits per heavy atom. The van der Waals surface area contributed by atoms with Crippen LogP contribution in [0, 0.1) is 0 Å². The predicted molar refractivity (Wildman–Crippen MR) is 72.9 cm³/mol. The molecule has 17 heavy (non-hydrogen) atoms. The number of nitrogens with two attached hydrogens (primary N) is 1. The summed E-state index contributed by atoms with van der Waals surface area (Å²) in [5.74, 6) is 0.423. The van der Waals surface area contributed by atoms with Crippen molar-refractivity contribution in [1.82, 2.24) is 0 Å². The molecule has 0 radical (unpaired) electrons. The highest BCUT2D eigenvalue weighted by atomic mass is 79.9. The molecule has 88 valence electrons. The highest BCUT2D eigenvalue weighted by molar-refractivity contribution is 9.10. The second-order valence-electron chi connectivity index (χ2n) is 3.25. The maximum absolute atomic E-state index is 11.5. The minimum atomic E-state index is -0.304. The van der Waals surface area contributed by atoms with E-state index in [9.17, 15) is 4.79 Å². The first-order chi connectivity index (χ1) is 8.10. The van der Waals surface area contributed by atoms with Crippen molar-refractivity contribution in [2.24, 2.45) is 10.7 Å². The summed E-state index contributed by atoms with van der Waals surface area (Å²) in [6, 6.07) is 5.53. The molecule has 0 atom stereocenters. The molecule has 1 aliphatic rings. The Balaban J connectivity index is 2.36. The smallest absolute Gasteiger partial charge is 0.286 e.